The predicted octanol–water partition coefficient (Wildman–Crippen LogP) is 6.07. The number of amides is 1. The van der Waals surface area contributed by atoms with Crippen LogP contribution in [0, 0.1) is 0 Å². The van der Waals surface area contributed by atoms with Crippen molar-refractivity contribution in [2.24, 2.45) is 0 Å². The quantitative estimate of drug-likeness (QED) is 0.220. The van der Waals surface area contributed by atoms with Crippen LogP contribution < -0.4 is 10.0 Å². The van der Waals surface area contributed by atoms with E-state index in [-0.39, 0.29) is 10.8 Å². The lowest BCUT2D eigenvalue weighted by atomic mass is 10.1. The molecular weight excluding hydrogens is 474 g/mol. The molecule has 0 bridgehead atoms. The number of hydrogen-bond acceptors (Lipinski definition) is 6. The summed E-state index contributed by atoms with van der Waals surface area (Å²) in [5, 5.41) is 4.95. The number of hydrogen-bond donors (Lipinski definition) is 3. The number of thiazole rings is 1. The Morgan fingerprint density at radius 1 is 1.12 bits per heavy atom. The van der Waals surface area contributed by atoms with Crippen molar-refractivity contribution in [2.75, 3.05) is 15.8 Å². The molecule has 3 aromatic rings. The number of nitrogens with zero attached hydrogens (tertiary/aromatic N) is 1. The van der Waals surface area contributed by atoms with E-state index in [0.29, 0.717) is 16.5 Å². The molecule has 0 saturated carbocycles. The average Bonchev–Trinajstić information content (AvgIpc) is 3.24. The van der Waals surface area contributed by atoms with E-state index in [1.54, 1.807) is 42.5 Å². The highest BCUT2D eigenvalue weighted by Crippen LogP contribution is 2.27. The van der Waals surface area contributed by atoms with Gasteiger partial charge in [-0.3, -0.25) is 9.52 Å². The molecular formula is C24H27N3O3S3. The number of benzene rings is 2. The monoisotopic (exact) mass is 501 g/mol. The highest BCUT2D eigenvalue weighted by atomic mass is 32.2. The van der Waals surface area contributed by atoms with Crippen molar-refractivity contribution >= 4 is 56.8 Å². The number of anilines is 2. The normalized spacial score (nSPS) is 11.6. The summed E-state index contributed by atoms with van der Waals surface area (Å²) in [5.74, 6) is 0.728. The average molecular weight is 502 g/mol. The van der Waals surface area contributed by atoms with Gasteiger partial charge in [-0.15, -0.1) is 11.3 Å². The van der Waals surface area contributed by atoms with Gasteiger partial charge in [0.1, 0.15) is 0 Å². The number of unbranched alkanes of at least 4 members (excludes halogenated alkanes) is 3. The number of aromatic nitrogens is 1. The van der Waals surface area contributed by atoms with Gasteiger partial charge in [-0.2, -0.15) is 12.6 Å². The first-order valence-corrected chi connectivity index (χ1v) is 13.6. The fraction of sp³-hybridized carbons (Fsp3) is 0.250. The summed E-state index contributed by atoms with van der Waals surface area (Å²) in [4.78, 5) is 15.8. The minimum Gasteiger partial charge on any atom is -0.302 e. The maximum Gasteiger partial charge on any atom is 0.261 e. The SMILES string of the molecule is CC(=O)Nc1nc(-c2cccc(NS(=O)(=O)c3ccc(/C=C\CCCCCS)cc3)c2)cs1. The topological polar surface area (TPSA) is 88.2 Å². The molecule has 174 valence electrons. The number of nitrogens with one attached hydrogen (secondary N) is 2. The zero-order valence-electron chi connectivity index (χ0n) is 18.3. The molecule has 3 rings (SSSR count). The van der Waals surface area contributed by atoms with E-state index in [1.807, 2.05) is 17.5 Å². The van der Waals surface area contributed by atoms with Crippen LogP contribution in [0.5, 0.6) is 0 Å². The molecule has 0 unspecified atom stereocenters. The number of thiol groups is 1. The standard InChI is InChI=1S/C24H27N3O3S3/c1-18(28)25-24-26-23(17-32-24)20-9-7-10-21(16-20)27-33(29,30)22-13-11-19(12-14-22)8-5-3-2-4-6-15-31/h5,7-14,16-17,27,31H,2-4,6,15H2,1H3,(H,25,26,28)/b8-5-. The van der Waals surface area contributed by atoms with Gasteiger partial charge in [-0.25, -0.2) is 13.4 Å². The molecule has 0 fully saturated rings. The van der Waals surface area contributed by atoms with Gasteiger partial charge in [-0.05, 0) is 54.8 Å². The van der Waals surface area contributed by atoms with Gasteiger partial charge in [0.15, 0.2) is 5.13 Å². The van der Waals surface area contributed by atoms with Gasteiger partial charge in [0.05, 0.1) is 10.6 Å². The Morgan fingerprint density at radius 3 is 2.64 bits per heavy atom. The van der Waals surface area contributed by atoms with Gasteiger partial charge in [0, 0.05) is 23.6 Å². The molecule has 0 atom stereocenters. The largest absolute Gasteiger partial charge is 0.302 e. The summed E-state index contributed by atoms with van der Waals surface area (Å²) < 4.78 is 28.3. The number of sulfonamides is 1. The Labute approximate surface area is 204 Å². The molecule has 33 heavy (non-hydrogen) atoms. The summed E-state index contributed by atoms with van der Waals surface area (Å²) in [5.41, 5.74) is 2.81. The Morgan fingerprint density at radius 2 is 1.91 bits per heavy atom. The fourth-order valence-corrected chi connectivity index (χ4v) is 5.14. The van der Waals surface area contributed by atoms with E-state index in [0.717, 1.165) is 42.6 Å². The molecule has 0 spiro atoms. The van der Waals surface area contributed by atoms with Crippen LogP contribution in [-0.4, -0.2) is 25.1 Å². The fourth-order valence-electron chi connectivity index (χ4n) is 3.10. The van der Waals surface area contributed by atoms with Crippen molar-refractivity contribution in [3.63, 3.8) is 0 Å². The van der Waals surface area contributed by atoms with E-state index >= 15 is 0 Å². The lowest BCUT2D eigenvalue weighted by molar-refractivity contribution is -0.114. The first kappa shape index (κ1) is 25.0. The predicted molar refractivity (Wildman–Crippen MR) is 140 cm³/mol. The van der Waals surface area contributed by atoms with Crippen LogP contribution in [0.4, 0.5) is 10.8 Å². The molecule has 0 aliphatic rings. The van der Waals surface area contributed by atoms with Crippen LogP contribution >= 0.6 is 24.0 Å². The molecule has 9 heteroatoms. The van der Waals surface area contributed by atoms with E-state index < -0.39 is 10.0 Å². The van der Waals surface area contributed by atoms with Crippen LogP contribution in [-0.2, 0) is 14.8 Å². The molecule has 1 heterocycles. The van der Waals surface area contributed by atoms with Crippen molar-refractivity contribution in [2.45, 2.75) is 37.5 Å². The van der Waals surface area contributed by atoms with E-state index in [4.69, 9.17) is 0 Å². The van der Waals surface area contributed by atoms with Gasteiger partial charge in [0.2, 0.25) is 5.91 Å². The second kappa shape index (κ2) is 12.0. The first-order chi connectivity index (χ1) is 15.9. The van der Waals surface area contributed by atoms with Crippen LogP contribution in [0.25, 0.3) is 17.3 Å². The molecule has 6 nitrogen and oxygen atoms in total. The first-order valence-electron chi connectivity index (χ1n) is 10.6. The molecule has 0 aliphatic carbocycles. The van der Waals surface area contributed by atoms with Crippen LogP contribution in [0.15, 0.2) is 64.9 Å². The van der Waals surface area contributed by atoms with Gasteiger partial charge < -0.3 is 5.32 Å². The lowest BCUT2D eigenvalue weighted by Gasteiger charge is -2.09. The van der Waals surface area contributed by atoms with E-state index in [2.05, 4.69) is 33.7 Å². The highest BCUT2D eigenvalue weighted by Gasteiger charge is 2.15. The number of carbonyl (C=O) groups excluding carboxylic acids is 1. The van der Waals surface area contributed by atoms with Crippen LogP contribution in [0.1, 0.15) is 38.2 Å². The maximum absolute atomic E-state index is 12.9. The second-order valence-corrected chi connectivity index (χ2v) is 10.4. The van der Waals surface area contributed by atoms with Crippen molar-refractivity contribution < 1.29 is 13.2 Å². The van der Waals surface area contributed by atoms with Crippen molar-refractivity contribution in [1.82, 2.24) is 4.98 Å². The van der Waals surface area contributed by atoms with Gasteiger partial charge >= 0.3 is 0 Å². The smallest absolute Gasteiger partial charge is 0.261 e. The molecule has 0 radical (unpaired) electrons. The zero-order valence-corrected chi connectivity index (χ0v) is 20.8. The Bertz CT molecular complexity index is 1200. The second-order valence-electron chi connectivity index (χ2n) is 7.45. The summed E-state index contributed by atoms with van der Waals surface area (Å²) in [6.45, 7) is 1.42. The summed E-state index contributed by atoms with van der Waals surface area (Å²) in [7, 11) is -3.73. The molecule has 0 aliphatic heterocycles. The number of rotatable bonds is 11. The van der Waals surface area contributed by atoms with E-state index in [1.165, 1.54) is 18.3 Å². The van der Waals surface area contributed by atoms with E-state index in [9.17, 15) is 13.2 Å². The minimum absolute atomic E-state index is 0.192. The number of allylic oxidation sites excluding steroid dienone is 1. The van der Waals surface area contributed by atoms with Crippen molar-refractivity contribution in [1.29, 1.82) is 0 Å². The summed E-state index contributed by atoms with van der Waals surface area (Å²) in [6.07, 6.45) is 8.54. The maximum atomic E-state index is 12.9. The third-order valence-electron chi connectivity index (χ3n) is 4.73. The third-order valence-corrected chi connectivity index (χ3v) is 7.20. The van der Waals surface area contributed by atoms with Crippen LogP contribution in [0.2, 0.25) is 0 Å². The summed E-state index contributed by atoms with van der Waals surface area (Å²) >= 11 is 5.52. The Kier molecular flexibility index (Phi) is 9.11. The molecule has 2 aromatic carbocycles. The van der Waals surface area contributed by atoms with Gasteiger partial charge in [-0.1, -0.05) is 42.8 Å². The lowest BCUT2D eigenvalue weighted by Crippen LogP contribution is -2.12. The molecule has 1 amide bonds. The summed E-state index contributed by atoms with van der Waals surface area (Å²) in [6, 6.07) is 13.8. The Balaban J connectivity index is 1.65. The highest BCUT2D eigenvalue weighted by molar-refractivity contribution is 7.92. The molecule has 0 saturated heterocycles. The molecule has 2 N–H and O–H groups in total. The van der Waals surface area contributed by atoms with Crippen molar-refractivity contribution in [3.8, 4) is 11.3 Å². The Hall–Kier alpha value is -2.62. The third kappa shape index (κ3) is 7.73. The number of carbonyl (C=O) groups is 1. The van der Waals surface area contributed by atoms with Crippen LogP contribution in [0.3, 0.4) is 0 Å². The van der Waals surface area contributed by atoms with Gasteiger partial charge in [0.25, 0.3) is 10.0 Å². The zero-order chi connectivity index (χ0) is 23.7. The minimum atomic E-state index is -3.73. The van der Waals surface area contributed by atoms with Crippen molar-refractivity contribution in [3.05, 3.63) is 65.6 Å². The molecule has 1 aromatic heterocycles.